The lowest BCUT2D eigenvalue weighted by Crippen LogP contribution is -2.57. The summed E-state index contributed by atoms with van der Waals surface area (Å²) in [7, 11) is 4.53. The Morgan fingerprint density at radius 2 is 1.71 bits per heavy atom. The third kappa shape index (κ3) is 1.12. The van der Waals surface area contributed by atoms with E-state index in [0.29, 0.717) is 0 Å². The normalized spacial score (nSPS) is 21.7. The van der Waals surface area contributed by atoms with E-state index >= 15 is 0 Å². The standard InChI is InChI=1S/C13H18N/c1-13(2)10-9-11-7-5-6-8-12(11)14(13,3)4/h5-10H,1-4H3/q+1. The fraction of sp³-hybridized carbons (Fsp3) is 0.385. The molecule has 14 heavy (non-hydrogen) atoms. The molecule has 1 heterocycles. The van der Waals surface area contributed by atoms with Gasteiger partial charge in [0.25, 0.3) is 0 Å². The Labute approximate surface area is 86.3 Å². The van der Waals surface area contributed by atoms with E-state index < -0.39 is 0 Å². The zero-order valence-electron chi connectivity index (χ0n) is 9.41. The van der Waals surface area contributed by atoms with Gasteiger partial charge in [0.15, 0.2) is 0 Å². The van der Waals surface area contributed by atoms with E-state index in [0.717, 1.165) is 4.48 Å². The Hall–Kier alpha value is -1.08. The molecule has 0 bridgehead atoms. The Bertz CT molecular complexity index is 386. The first-order valence-electron chi connectivity index (χ1n) is 5.08. The highest BCUT2D eigenvalue weighted by Crippen LogP contribution is 2.37. The molecule has 0 aromatic heterocycles. The number of hydrogen-bond donors (Lipinski definition) is 0. The van der Waals surface area contributed by atoms with Crippen LogP contribution in [0.5, 0.6) is 0 Å². The molecular formula is C13H18N+. The highest BCUT2D eigenvalue weighted by Gasteiger charge is 2.39. The van der Waals surface area contributed by atoms with E-state index in [-0.39, 0.29) is 5.54 Å². The predicted molar refractivity (Wildman–Crippen MR) is 63.2 cm³/mol. The number of likely N-dealkylation sites (N-methyl/N-ethyl adjacent to an activating group) is 1. The first-order chi connectivity index (χ1) is 6.45. The summed E-state index contributed by atoms with van der Waals surface area (Å²) in [6.07, 6.45) is 4.54. The summed E-state index contributed by atoms with van der Waals surface area (Å²) < 4.78 is 0.916. The molecule has 74 valence electrons. The van der Waals surface area contributed by atoms with Crippen LogP contribution < -0.4 is 4.48 Å². The van der Waals surface area contributed by atoms with E-state index in [4.69, 9.17) is 0 Å². The van der Waals surface area contributed by atoms with Crippen molar-refractivity contribution < 1.29 is 0 Å². The molecule has 0 saturated carbocycles. The third-order valence-corrected chi connectivity index (χ3v) is 3.65. The maximum Gasteiger partial charge on any atom is 0.140 e. The summed E-state index contributed by atoms with van der Waals surface area (Å²) in [6.45, 7) is 4.55. The molecule has 1 nitrogen and oxygen atoms in total. The molecule has 0 radical (unpaired) electrons. The third-order valence-electron chi connectivity index (χ3n) is 3.65. The number of para-hydroxylation sites is 1. The lowest BCUT2D eigenvalue weighted by atomic mass is 9.91. The molecule has 1 heteroatoms. The Morgan fingerprint density at radius 3 is 2.43 bits per heavy atom. The van der Waals surface area contributed by atoms with Crippen molar-refractivity contribution >= 4 is 11.8 Å². The van der Waals surface area contributed by atoms with Gasteiger partial charge in [0.2, 0.25) is 0 Å². The van der Waals surface area contributed by atoms with Crippen molar-refractivity contribution in [3.05, 3.63) is 35.9 Å². The molecule has 0 amide bonds. The molecule has 0 atom stereocenters. The van der Waals surface area contributed by atoms with Crippen LogP contribution in [0.3, 0.4) is 0 Å². The van der Waals surface area contributed by atoms with Crippen LogP contribution in [0.4, 0.5) is 5.69 Å². The first-order valence-corrected chi connectivity index (χ1v) is 5.08. The van der Waals surface area contributed by atoms with Gasteiger partial charge in [-0.05, 0) is 38.1 Å². The van der Waals surface area contributed by atoms with Crippen molar-refractivity contribution in [3.63, 3.8) is 0 Å². The summed E-state index contributed by atoms with van der Waals surface area (Å²) in [5.41, 5.74) is 2.92. The minimum absolute atomic E-state index is 0.175. The minimum atomic E-state index is 0.175. The fourth-order valence-electron chi connectivity index (χ4n) is 1.93. The van der Waals surface area contributed by atoms with Crippen LogP contribution in [-0.4, -0.2) is 19.6 Å². The second kappa shape index (κ2) is 2.71. The summed E-state index contributed by atoms with van der Waals surface area (Å²) in [5.74, 6) is 0. The summed E-state index contributed by atoms with van der Waals surface area (Å²) in [5, 5.41) is 0. The lowest BCUT2D eigenvalue weighted by molar-refractivity contribution is 0.248. The fourth-order valence-corrected chi connectivity index (χ4v) is 1.93. The van der Waals surface area contributed by atoms with Crippen molar-refractivity contribution in [1.29, 1.82) is 0 Å². The summed E-state index contributed by atoms with van der Waals surface area (Å²) in [4.78, 5) is 0. The van der Waals surface area contributed by atoms with Crippen molar-refractivity contribution in [2.24, 2.45) is 0 Å². The molecule has 0 fully saturated rings. The van der Waals surface area contributed by atoms with Crippen LogP contribution in [0.1, 0.15) is 19.4 Å². The van der Waals surface area contributed by atoms with Crippen LogP contribution >= 0.6 is 0 Å². The molecule has 1 aliphatic heterocycles. The second-order valence-electron chi connectivity index (χ2n) is 5.00. The molecule has 1 aliphatic rings. The van der Waals surface area contributed by atoms with E-state index in [1.165, 1.54) is 11.3 Å². The van der Waals surface area contributed by atoms with Gasteiger partial charge >= 0.3 is 0 Å². The SMILES string of the molecule is CC1(C)C=Cc2ccccc2[N+]1(C)C. The Morgan fingerprint density at radius 1 is 1.07 bits per heavy atom. The van der Waals surface area contributed by atoms with Gasteiger partial charge < -0.3 is 0 Å². The van der Waals surface area contributed by atoms with Crippen LogP contribution in [0.2, 0.25) is 0 Å². The van der Waals surface area contributed by atoms with Crippen molar-refractivity contribution in [3.8, 4) is 0 Å². The Balaban J connectivity index is 2.66. The average molecular weight is 188 g/mol. The predicted octanol–water partition coefficient (Wildman–Crippen LogP) is 3.06. The molecule has 1 aromatic carbocycles. The zero-order valence-corrected chi connectivity index (χ0v) is 9.41. The second-order valence-corrected chi connectivity index (χ2v) is 5.00. The average Bonchev–Trinajstić information content (AvgIpc) is 2.13. The zero-order chi connectivity index (χ0) is 10.4. The minimum Gasteiger partial charge on any atom is -0.288 e. The number of rotatable bonds is 0. The van der Waals surface area contributed by atoms with Crippen molar-refractivity contribution in [2.75, 3.05) is 14.1 Å². The Kier molecular flexibility index (Phi) is 1.83. The van der Waals surface area contributed by atoms with E-state index in [2.05, 4.69) is 64.4 Å². The van der Waals surface area contributed by atoms with Gasteiger partial charge in [-0.3, -0.25) is 4.48 Å². The number of quaternary nitrogens is 1. The molecular weight excluding hydrogens is 170 g/mol. The molecule has 0 saturated heterocycles. The van der Waals surface area contributed by atoms with Gasteiger partial charge in [-0.1, -0.05) is 12.1 Å². The van der Waals surface area contributed by atoms with Gasteiger partial charge in [0.05, 0.1) is 14.1 Å². The number of fused-ring (bicyclic) bond motifs is 1. The van der Waals surface area contributed by atoms with Crippen LogP contribution in [-0.2, 0) is 0 Å². The largest absolute Gasteiger partial charge is 0.288 e. The van der Waals surface area contributed by atoms with Gasteiger partial charge in [-0.2, -0.15) is 0 Å². The van der Waals surface area contributed by atoms with Gasteiger partial charge in [0.1, 0.15) is 11.2 Å². The van der Waals surface area contributed by atoms with Gasteiger partial charge in [-0.25, -0.2) is 0 Å². The maximum atomic E-state index is 2.30. The molecule has 2 rings (SSSR count). The first kappa shape index (κ1) is 9.47. The van der Waals surface area contributed by atoms with E-state index in [1.54, 1.807) is 0 Å². The molecule has 0 N–H and O–H groups in total. The highest BCUT2D eigenvalue weighted by molar-refractivity contribution is 5.70. The summed E-state index contributed by atoms with van der Waals surface area (Å²) in [6, 6.07) is 8.62. The molecule has 0 aliphatic carbocycles. The lowest BCUT2D eigenvalue weighted by Gasteiger charge is -2.45. The quantitative estimate of drug-likeness (QED) is 0.549. The number of benzene rings is 1. The monoisotopic (exact) mass is 188 g/mol. The van der Waals surface area contributed by atoms with Crippen LogP contribution in [0.15, 0.2) is 30.3 Å². The molecule has 0 unspecified atom stereocenters. The van der Waals surface area contributed by atoms with Gasteiger partial charge in [-0.15, -0.1) is 0 Å². The van der Waals surface area contributed by atoms with E-state index in [9.17, 15) is 0 Å². The summed E-state index contributed by atoms with van der Waals surface area (Å²) >= 11 is 0. The number of hydrogen-bond acceptors (Lipinski definition) is 0. The smallest absolute Gasteiger partial charge is 0.140 e. The van der Waals surface area contributed by atoms with Crippen molar-refractivity contribution in [1.82, 2.24) is 4.48 Å². The maximum absolute atomic E-state index is 2.30. The number of nitrogens with zero attached hydrogens (tertiary/aromatic N) is 1. The van der Waals surface area contributed by atoms with Crippen LogP contribution in [0.25, 0.3) is 6.08 Å². The highest BCUT2D eigenvalue weighted by atomic mass is 15.4. The van der Waals surface area contributed by atoms with Crippen LogP contribution in [0, 0.1) is 0 Å². The van der Waals surface area contributed by atoms with E-state index in [1.807, 2.05) is 0 Å². The van der Waals surface area contributed by atoms with Gasteiger partial charge in [0, 0.05) is 5.56 Å². The van der Waals surface area contributed by atoms with Crippen molar-refractivity contribution in [2.45, 2.75) is 19.4 Å². The molecule has 1 aromatic rings. The topological polar surface area (TPSA) is 0 Å². The molecule has 0 spiro atoms.